The Morgan fingerprint density at radius 1 is 1.09 bits per heavy atom. The van der Waals surface area contributed by atoms with Crippen LogP contribution in [0.5, 0.6) is 0 Å². The Balaban J connectivity index is 1.69. The van der Waals surface area contributed by atoms with Gasteiger partial charge in [-0.2, -0.15) is 0 Å². The zero-order valence-corrected chi connectivity index (χ0v) is 13.2. The van der Waals surface area contributed by atoms with E-state index in [-0.39, 0.29) is 5.69 Å². The normalized spacial score (nSPS) is 10.5. The summed E-state index contributed by atoms with van der Waals surface area (Å²) in [5.41, 5.74) is 1.75. The van der Waals surface area contributed by atoms with E-state index >= 15 is 0 Å². The minimum absolute atomic E-state index is 0.0662. The number of hydrogen-bond acceptors (Lipinski definition) is 4. The fourth-order valence-corrected chi connectivity index (χ4v) is 3.56. The van der Waals surface area contributed by atoms with Crippen molar-refractivity contribution in [3.05, 3.63) is 76.6 Å². The maximum absolute atomic E-state index is 10.6. The predicted molar refractivity (Wildman–Crippen MR) is 83.5 cm³/mol. The molecule has 0 N–H and O–H groups in total. The van der Waals surface area contributed by atoms with Gasteiger partial charge in [0.1, 0.15) is 0 Å². The van der Waals surface area contributed by atoms with Gasteiger partial charge in [-0.3, -0.25) is 0 Å². The van der Waals surface area contributed by atoms with E-state index in [4.69, 9.17) is 0 Å². The van der Waals surface area contributed by atoms with Gasteiger partial charge in [0.15, 0.2) is 0 Å². The van der Waals surface area contributed by atoms with E-state index in [9.17, 15) is 10.1 Å². The van der Waals surface area contributed by atoms with Crippen LogP contribution in [0.1, 0.15) is 5.69 Å². The average Bonchev–Trinajstić information content (AvgIpc) is 3.03. The molecule has 1 aromatic heterocycles. The van der Waals surface area contributed by atoms with Crippen molar-refractivity contribution in [1.29, 1.82) is 0 Å². The summed E-state index contributed by atoms with van der Waals surface area (Å²) >= 11 is 0.317. The van der Waals surface area contributed by atoms with Crippen LogP contribution in [0.4, 0.5) is 5.69 Å². The third-order valence-electron chi connectivity index (χ3n) is 3.00. The summed E-state index contributed by atoms with van der Waals surface area (Å²) in [5.74, 6) is 0. The molecule has 0 fully saturated rings. The Kier molecular flexibility index (Phi) is 4.27. The summed E-state index contributed by atoms with van der Waals surface area (Å²) in [6.07, 6.45) is 1.87. The molecule has 0 atom stereocenters. The van der Waals surface area contributed by atoms with Crippen molar-refractivity contribution >= 4 is 25.1 Å². The van der Waals surface area contributed by atoms with Crippen molar-refractivity contribution in [3.8, 4) is 5.69 Å². The zero-order valence-electron chi connectivity index (χ0n) is 11.5. The molecule has 0 spiro atoms. The first-order valence-corrected chi connectivity index (χ1v) is 8.63. The molecule has 6 nitrogen and oxygen atoms in total. The van der Waals surface area contributed by atoms with Crippen molar-refractivity contribution in [2.24, 2.45) is 0 Å². The SMILES string of the molecule is O=[N+]([O-])c1ccc(-n2cc(C[Se]c3ccccc3)nn2)cc1. The van der Waals surface area contributed by atoms with Crippen LogP contribution in [0, 0.1) is 10.1 Å². The van der Waals surface area contributed by atoms with Crippen LogP contribution in [-0.2, 0) is 5.32 Å². The molecule has 0 saturated heterocycles. The van der Waals surface area contributed by atoms with Crippen LogP contribution in [0.25, 0.3) is 5.69 Å². The molecule has 0 radical (unpaired) electrons. The van der Waals surface area contributed by atoms with Crippen molar-refractivity contribution in [1.82, 2.24) is 15.0 Å². The average molecular weight is 359 g/mol. The maximum atomic E-state index is 10.6. The second-order valence-electron chi connectivity index (χ2n) is 4.53. The number of non-ortho nitro benzene ring substituents is 1. The summed E-state index contributed by atoms with van der Waals surface area (Å²) in [7, 11) is 0. The van der Waals surface area contributed by atoms with E-state index in [0.29, 0.717) is 15.0 Å². The van der Waals surface area contributed by atoms with Gasteiger partial charge < -0.3 is 0 Å². The summed E-state index contributed by atoms with van der Waals surface area (Å²) in [5, 5.41) is 19.8. The number of benzene rings is 2. The summed E-state index contributed by atoms with van der Waals surface area (Å²) in [6, 6.07) is 16.6. The third kappa shape index (κ3) is 3.39. The fourth-order valence-electron chi connectivity index (χ4n) is 1.89. The number of rotatable bonds is 5. The molecule has 2 aromatic carbocycles. The molecular formula is C15H12N4O2Se. The van der Waals surface area contributed by atoms with E-state index in [1.807, 2.05) is 24.4 Å². The Hall–Kier alpha value is -2.50. The molecule has 0 aliphatic carbocycles. The molecule has 3 rings (SSSR count). The Bertz CT molecular complexity index is 772. The summed E-state index contributed by atoms with van der Waals surface area (Å²) < 4.78 is 2.96. The minimum atomic E-state index is -0.418. The van der Waals surface area contributed by atoms with Gasteiger partial charge in [0.2, 0.25) is 0 Å². The monoisotopic (exact) mass is 360 g/mol. The number of hydrogen-bond donors (Lipinski definition) is 0. The molecule has 110 valence electrons. The second-order valence-corrected chi connectivity index (χ2v) is 6.73. The van der Waals surface area contributed by atoms with Crippen molar-refractivity contribution in [2.75, 3.05) is 0 Å². The first kappa shape index (κ1) is 14.4. The molecule has 0 aliphatic heterocycles. The molecular weight excluding hydrogens is 347 g/mol. The van der Waals surface area contributed by atoms with Gasteiger partial charge in [-0.05, 0) is 0 Å². The van der Waals surface area contributed by atoms with Gasteiger partial charge in [0.25, 0.3) is 0 Å². The number of nitro benzene ring substituents is 1. The molecule has 0 unspecified atom stereocenters. The fraction of sp³-hybridized carbons (Fsp3) is 0.0667. The Labute approximate surface area is 133 Å². The number of nitrogens with zero attached hydrogens (tertiary/aromatic N) is 4. The Morgan fingerprint density at radius 2 is 1.82 bits per heavy atom. The molecule has 0 amide bonds. The van der Waals surface area contributed by atoms with E-state index < -0.39 is 4.92 Å². The van der Waals surface area contributed by atoms with Crippen LogP contribution in [0.15, 0.2) is 60.8 Å². The first-order chi connectivity index (χ1) is 10.7. The molecule has 1 heterocycles. The first-order valence-electron chi connectivity index (χ1n) is 6.56. The van der Waals surface area contributed by atoms with Crippen molar-refractivity contribution in [2.45, 2.75) is 5.32 Å². The topological polar surface area (TPSA) is 73.8 Å². The van der Waals surface area contributed by atoms with Crippen LogP contribution in [0.3, 0.4) is 0 Å². The van der Waals surface area contributed by atoms with E-state index in [0.717, 1.165) is 16.7 Å². The third-order valence-corrected chi connectivity index (χ3v) is 5.19. The van der Waals surface area contributed by atoms with Crippen LogP contribution in [-0.4, -0.2) is 34.9 Å². The van der Waals surface area contributed by atoms with Crippen molar-refractivity contribution < 1.29 is 4.92 Å². The van der Waals surface area contributed by atoms with Crippen LogP contribution in [0.2, 0.25) is 0 Å². The van der Waals surface area contributed by atoms with Crippen molar-refractivity contribution in [3.63, 3.8) is 0 Å². The number of nitro groups is 1. The Morgan fingerprint density at radius 3 is 2.50 bits per heavy atom. The summed E-state index contributed by atoms with van der Waals surface area (Å²) in [6.45, 7) is 0. The zero-order chi connectivity index (χ0) is 15.4. The number of aromatic nitrogens is 3. The molecule has 3 aromatic rings. The van der Waals surface area contributed by atoms with E-state index in [1.54, 1.807) is 16.8 Å². The van der Waals surface area contributed by atoms with E-state index in [2.05, 4.69) is 22.4 Å². The quantitative estimate of drug-likeness (QED) is 0.395. The second kappa shape index (κ2) is 6.51. The molecule has 0 aliphatic rings. The molecule has 7 heteroatoms. The van der Waals surface area contributed by atoms with Gasteiger partial charge in [-0.15, -0.1) is 0 Å². The van der Waals surface area contributed by atoms with Gasteiger partial charge in [-0.1, -0.05) is 0 Å². The van der Waals surface area contributed by atoms with Crippen LogP contribution < -0.4 is 4.46 Å². The summed E-state index contributed by atoms with van der Waals surface area (Å²) in [4.78, 5) is 10.2. The molecule has 22 heavy (non-hydrogen) atoms. The van der Waals surface area contributed by atoms with Gasteiger partial charge in [0.05, 0.1) is 0 Å². The predicted octanol–water partition coefficient (Wildman–Crippen LogP) is 1.71. The van der Waals surface area contributed by atoms with E-state index in [1.165, 1.54) is 16.6 Å². The van der Waals surface area contributed by atoms with Crippen LogP contribution >= 0.6 is 0 Å². The van der Waals surface area contributed by atoms with Gasteiger partial charge in [0, 0.05) is 0 Å². The molecule has 0 saturated carbocycles. The molecule has 0 bridgehead atoms. The standard InChI is InChI=1S/C15H12N4O2Se/c20-19(21)14-8-6-13(7-9-14)18-10-12(16-17-18)11-22-15-4-2-1-3-5-15/h1-10H,11H2. The van der Waals surface area contributed by atoms with Gasteiger partial charge in [-0.25, -0.2) is 0 Å². The van der Waals surface area contributed by atoms with Gasteiger partial charge >= 0.3 is 133 Å².